The van der Waals surface area contributed by atoms with Gasteiger partial charge in [0.25, 0.3) is 5.91 Å². The number of benzene rings is 2. The number of ether oxygens (including phenoxy) is 2. The molecule has 2 aromatic rings. The normalized spacial score (nSPS) is 14.8. The predicted molar refractivity (Wildman–Crippen MR) is 127 cm³/mol. The van der Waals surface area contributed by atoms with E-state index in [0.29, 0.717) is 40.3 Å². The van der Waals surface area contributed by atoms with Crippen molar-refractivity contribution in [3.05, 3.63) is 58.5 Å². The lowest BCUT2D eigenvalue weighted by Gasteiger charge is -2.14. The fraction of sp³-hybridized carbons (Fsp3) is 0.261. The molecule has 1 saturated heterocycles. The lowest BCUT2D eigenvalue weighted by Crippen LogP contribution is -2.30. The molecule has 1 amide bonds. The molecule has 0 saturated carbocycles. The molecular weight excluding hydrogens is 450 g/mol. The van der Waals surface area contributed by atoms with Crippen LogP contribution in [0.5, 0.6) is 17.2 Å². The zero-order chi connectivity index (χ0) is 23.1. The Balaban J connectivity index is 1.70. The highest BCUT2D eigenvalue weighted by molar-refractivity contribution is 8.26. The number of phenolic OH excluding ortho intramolecular Hbond substituents is 1. The Hall–Kier alpha value is -3.04. The molecular formula is C23H23NO6S2. The average molecular weight is 474 g/mol. The van der Waals surface area contributed by atoms with Gasteiger partial charge in [-0.2, -0.15) is 0 Å². The summed E-state index contributed by atoms with van der Waals surface area (Å²) >= 11 is 6.64. The van der Waals surface area contributed by atoms with Gasteiger partial charge >= 0.3 is 5.97 Å². The summed E-state index contributed by atoms with van der Waals surface area (Å²) in [5.41, 5.74) is 1.75. The standard InChI is InChI=1S/C23H23NO6S2/c1-2-29-19-13-16(5-8-18(19)30-12-10-21(26)27)14-20-22(28)24(23(31)32-20)11-9-15-3-6-17(25)7-4-15/h3-8,13-14,25H,2,9-12H2,1H3,(H,26,27)/b20-14+. The molecule has 3 rings (SSSR count). The third-order valence-electron chi connectivity index (χ3n) is 4.57. The number of carboxylic acid groups (broad SMARTS) is 1. The number of amides is 1. The lowest BCUT2D eigenvalue weighted by atomic mass is 10.1. The molecule has 0 bridgehead atoms. The topological polar surface area (TPSA) is 96.3 Å². The zero-order valence-corrected chi connectivity index (χ0v) is 19.1. The van der Waals surface area contributed by atoms with Crippen LogP contribution in [0.15, 0.2) is 47.4 Å². The Labute approximate surface area is 195 Å². The maximum Gasteiger partial charge on any atom is 0.306 e. The number of phenols is 1. The first-order valence-corrected chi connectivity index (χ1v) is 11.2. The van der Waals surface area contributed by atoms with Gasteiger partial charge in [0.2, 0.25) is 0 Å². The van der Waals surface area contributed by atoms with E-state index in [9.17, 15) is 14.7 Å². The first-order valence-electron chi connectivity index (χ1n) is 10.0. The Kier molecular flexibility index (Phi) is 8.13. The first kappa shape index (κ1) is 23.6. The third-order valence-corrected chi connectivity index (χ3v) is 5.95. The first-order chi connectivity index (χ1) is 15.4. The van der Waals surface area contributed by atoms with Crippen LogP contribution in [0.4, 0.5) is 0 Å². The number of carbonyl (C=O) groups is 2. The summed E-state index contributed by atoms with van der Waals surface area (Å²) in [6.45, 7) is 2.74. The quantitative estimate of drug-likeness (QED) is 0.394. The Bertz CT molecular complexity index is 1040. The summed E-state index contributed by atoms with van der Waals surface area (Å²) in [6, 6.07) is 12.1. The maximum absolute atomic E-state index is 12.9. The van der Waals surface area contributed by atoms with Gasteiger partial charge in [0, 0.05) is 6.54 Å². The largest absolute Gasteiger partial charge is 0.508 e. The van der Waals surface area contributed by atoms with Crippen LogP contribution in [-0.4, -0.2) is 51.1 Å². The molecule has 0 atom stereocenters. The minimum absolute atomic E-state index is 0.0362. The highest BCUT2D eigenvalue weighted by Crippen LogP contribution is 2.35. The highest BCUT2D eigenvalue weighted by Gasteiger charge is 2.31. The second-order valence-corrected chi connectivity index (χ2v) is 8.56. The van der Waals surface area contributed by atoms with Gasteiger partial charge in [-0.05, 0) is 54.8 Å². The van der Waals surface area contributed by atoms with Crippen LogP contribution in [0, 0.1) is 0 Å². The Morgan fingerprint density at radius 3 is 2.59 bits per heavy atom. The van der Waals surface area contributed by atoms with Crippen molar-refractivity contribution in [2.45, 2.75) is 19.8 Å². The molecule has 32 heavy (non-hydrogen) atoms. The van der Waals surface area contributed by atoms with Gasteiger partial charge in [-0.1, -0.05) is 42.2 Å². The van der Waals surface area contributed by atoms with E-state index in [1.54, 1.807) is 41.3 Å². The molecule has 9 heteroatoms. The molecule has 0 aromatic heterocycles. The van der Waals surface area contributed by atoms with Crippen molar-refractivity contribution in [1.82, 2.24) is 4.90 Å². The fourth-order valence-electron chi connectivity index (χ4n) is 3.00. The van der Waals surface area contributed by atoms with Crippen molar-refractivity contribution in [3.63, 3.8) is 0 Å². The lowest BCUT2D eigenvalue weighted by molar-refractivity contribution is -0.137. The van der Waals surface area contributed by atoms with Crippen LogP contribution in [0.2, 0.25) is 0 Å². The molecule has 1 fully saturated rings. The van der Waals surface area contributed by atoms with E-state index in [1.807, 2.05) is 19.1 Å². The van der Waals surface area contributed by atoms with Gasteiger partial charge < -0.3 is 19.7 Å². The van der Waals surface area contributed by atoms with Crippen molar-refractivity contribution in [2.75, 3.05) is 19.8 Å². The predicted octanol–water partition coefficient (Wildman–Crippen LogP) is 4.09. The van der Waals surface area contributed by atoms with Gasteiger partial charge in [0.05, 0.1) is 24.5 Å². The zero-order valence-electron chi connectivity index (χ0n) is 17.4. The van der Waals surface area contributed by atoms with Gasteiger partial charge in [0.15, 0.2) is 11.5 Å². The molecule has 1 aliphatic rings. The van der Waals surface area contributed by atoms with E-state index in [2.05, 4.69) is 0 Å². The molecule has 0 unspecified atom stereocenters. The number of carbonyl (C=O) groups excluding carboxylic acids is 1. The summed E-state index contributed by atoms with van der Waals surface area (Å²) in [7, 11) is 0. The minimum atomic E-state index is -0.938. The average Bonchev–Trinajstić information content (AvgIpc) is 3.01. The number of nitrogens with zero attached hydrogens (tertiary/aromatic N) is 1. The molecule has 168 valence electrons. The molecule has 2 N–H and O–H groups in total. The van der Waals surface area contributed by atoms with E-state index < -0.39 is 5.97 Å². The summed E-state index contributed by atoms with van der Waals surface area (Å²) < 4.78 is 11.6. The molecule has 7 nitrogen and oxygen atoms in total. The van der Waals surface area contributed by atoms with E-state index in [1.165, 1.54) is 11.8 Å². The van der Waals surface area contributed by atoms with E-state index in [-0.39, 0.29) is 24.7 Å². The van der Waals surface area contributed by atoms with Crippen molar-refractivity contribution < 1.29 is 29.3 Å². The number of rotatable bonds is 10. The van der Waals surface area contributed by atoms with Gasteiger partial charge in [0.1, 0.15) is 10.1 Å². The van der Waals surface area contributed by atoms with Crippen LogP contribution < -0.4 is 9.47 Å². The van der Waals surface area contributed by atoms with Crippen molar-refractivity contribution in [3.8, 4) is 17.2 Å². The van der Waals surface area contributed by atoms with Gasteiger partial charge in [-0.25, -0.2) is 0 Å². The SMILES string of the molecule is CCOc1cc(/C=C2/SC(=S)N(CCc3ccc(O)cc3)C2=O)ccc1OCCC(=O)O. The molecule has 1 aliphatic heterocycles. The number of aromatic hydroxyl groups is 1. The van der Waals surface area contributed by atoms with Crippen molar-refractivity contribution >= 4 is 46.3 Å². The Morgan fingerprint density at radius 1 is 1.16 bits per heavy atom. The van der Waals surface area contributed by atoms with Crippen molar-refractivity contribution in [1.29, 1.82) is 0 Å². The van der Waals surface area contributed by atoms with Crippen LogP contribution in [-0.2, 0) is 16.0 Å². The number of thioether (sulfide) groups is 1. The summed E-state index contributed by atoms with van der Waals surface area (Å²) in [4.78, 5) is 25.7. The van der Waals surface area contributed by atoms with Gasteiger partial charge in [-0.3, -0.25) is 14.5 Å². The number of hydrogen-bond donors (Lipinski definition) is 2. The second-order valence-electron chi connectivity index (χ2n) is 6.88. The monoisotopic (exact) mass is 473 g/mol. The van der Waals surface area contributed by atoms with Gasteiger partial charge in [-0.15, -0.1) is 0 Å². The van der Waals surface area contributed by atoms with Crippen molar-refractivity contribution in [2.24, 2.45) is 0 Å². The number of hydrogen-bond acceptors (Lipinski definition) is 7. The smallest absolute Gasteiger partial charge is 0.306 e. The number of aliphatic carboxylic acids is 1. The number of thiocarbonyl (C=S) groups is 1. The summed E-state index contributed by atoms with van der Waals surface area (Å²) in [5, 5.41) is 18.2. The van der Waals surface area contributed by atoms with Crippen LogP contribution in [0.25, 0.3) is 6.08 Å². The summed E-state index contributed by atoms with van der Waals surface area (Å²) in [5.74, 6) is 0.0405. The molecule has 0 radical (unpaired) electrons. The van der Waals surface area contributed by atoms with Crippen LogP contribution in [0.3, 0.4) is 0 Å². The van der Waals surface area contributed by atoms with Crippen LogP contribution >= 0.6 is 24.0 Å². The van der Waals surface area contributed by atoms with Crippen LogP contribution in [0.1, 0.15) is 24.5 Å². The third kappa shape index (κ3) is 6.24. The molecule has 1 heterocycles. The second kappa shape index (κ2) is 11.0. The molecule has 2 aromatic carbocycles. The summed E-state index contributed by atoms with van der Waals surface area (Å²) in [6.07, 6.45) is 2.26. The van der Waals surface area contributed by atoms with E-state index in [4.69, 9.17) is 26.8 Å². The van der Waals surface area contributed by atoms with E-state index >= 15 is 0 Å². The molecule has 0 spiro atoms. The molecule has 0 aliphatic carbocycles. The van der Waals surface area contributed by atoms with E-state index in [0.717, 1.165) is 11.1 Å². The number of carboxylic acids is 1. The Morgan fingerprint density at radius 2 is 1.91 bits per heavy atom. The fourth-order valence-corrected chi connectivity index (χ4v) is 4.31. The minimum Gasteiger partial charge on any atom is -0.508 e. The maximum atomic E-state index is 12.9. The highest BCUT2D eigenvalue weighted by atomic mass is 32.2.